The lowest BCUT2D eigenvalue weighted by atomic mass is 10.2. The maximum absolute atomic E-state index is 12.1. The molecule has 4 rings (SSSR count). The van der Waals surface area contributed by atoms with Gasteiger partial charge in [0.05, 0.1) is 5.39 Å². The van der Waals surface area contributed by atoms with E-state index in [1.807, 2.05) is 12.1 Å². The number of halogens is 1. The minimum absolute atomic E-state index is 0.132. The van der Waals surface area contributed by atoms with Crippen LogP contribution in [0.2, 0.25) is 5.02 Å². The molecule has 4 aromatic rings. The number of carbonyl (C=O) groups excluding carboxylic acids is 1. The number of carbonyl (C=O) groups is 1. The lowest BCUT2D eigenvalue weighted by Gasteiger charge is -2.08. The zero-order valence-corrected chi connectivity index (χ0v) is 17.1. The van der Waals surface area contributed by atoms with Crippen LogP contribution in [0.5, 0.6) is 0 Å². The van der Waals surface area contributed by atoms with E-state index >= 15 is 0 Å². The second kappa shape index (κ2) is 9.40. The molecule has 2 aromatic heterocycles. The molecule has 0 saturated carbocycles. The fourth-order valence-corrected chi connectivity index (χ4v) is 3.14. The van der Waals surface area contributed by atoms with Crippen LogP contribution in [0.3, 0.4) is 0 Å². The maximum atomic E-state index is 12.1. The first-order valence-corrected chi connectivity index (χ1v) is 10.0. The fourth-order valence-electron chi connectivity index (χ4n) is 3.01. The third-order valence-corrected chi connectivity index (χ3v) is 4.82. The van der Waals surface area contributed by atoms with Crippen molar-refractivity contribution >= 4 is 34.1 Å². The van der Waals surface area contributed by atoms with Crippen LogP contribution in [0.4, 0.5) is 5.82 Å². The van der Waals surface area contributed by atoms with E-state index in [9.17, 15) is 9.59 Å². The molecule has 0 saturated heterocycles. The van der Waals surface area contributed by atoms with Crippen molar-refractivity contribution in [1.29, 1.82) is 0 Å². The summed E-state index contributed by atoms with van der Waals surface area (Å²) in [4.78, 5) is 28.2. The minimum Gasteiger partial charge on any atom is -0.366 e. The number of fused-ring (bicyclic) bond motifs is 1. The average Bonchev–Trinajstić information content (AvgIpc) is 3.26. The number of hydrogen-bond donors (Lipinski definition) is 3. The number of anilines is 1. The molecule has 0 unspecified atom stereocenters. The molecule has 0 aliphatic carbocycles. The summed E-state index contributed by atoms with van der Waals surface area (Å²) in [6.07, 6.45) is 0.564. The Bertz CT molecular complexity index is 1250. The first-order valence-electron chi connectivity index (χ1n) is 9.66. The summed E-state index contributed by atoms with van der Waals surface area (Å²) in [5.41, 5.74) is 0.549. The highest BCUT2D eigenvalue weighted by Gasteiger charge is 2.11. The Kier molecular flexibility index (Phi) is 6.23. The van der Waals surface area contributed by atoms with Crippen molar-refractivity contribution in [3.63, 3.8) is 0 Å². The Hall–Kier alpha value is -3.72. The average molecular weight is 439 g/mol. The van der Waals surface area contributed by atoms with E-state index in [0.29, 0.717) is 47.5 Å². The number of aromatic nitrogens is 4. The fraction of sp³-hybridized carbons (Fsp3) is 0.190. The number of nitrogens with one attached hydrogen (secondary N) is 3. The van der Waals surface area contributed by atoms with Crippen LogP contribution in [-0.2, 0) is 11.2 Å². The third-order valence-electron chi connectivity index (χ3n) is 4.57. The van der Waals surface area contributed by atoms with Crippen LogP contribution in [0.15, 0.2) is 57.8 Å². The van der Waals surface area contributed by atoms with Gasteiger partial charge in [-0.1, -0.05) is 35.0 Å². The number of benzene rings is 2. The molecule has 0 fully saturated rings. The summed E-state index contributed by atoms with van der Waals surface area (Å²) in [5, 5.41) is 18.3. The Morgan fingerprint density at radius 2 is 1.84 bits per heavy atom. The SMILES string of the molecule is O=C(CCc1nc(-c2ccc(Cl)cc2)no1)NCCNc1n[nH]c(=O)c2ccccc12. The lowest BCUT2D eigenvalue weighted by molar-refractivity contribution is -0.121. The highest BCUT2D eigenvalue weighted by Crippen LogP contribution is 2.19. The predicted molar refractivity (Wildman–Crippen MR) is 117 cm³/mol. The number of H-pyrrole nitrogens is 1. The van der Waals surface area contributed by atoms with Crippen LogP contribution in [0.1, 0.15) is 12.3 Å². The largest absolute Gasteiger partial charge is 0.366 e. The maximum Gasteiger partial charge on any atom is 0.272 e. The van der Waals surface area contributed by atoms with Gasteiger partial charge in [0.25, 0.3) is 5.56 Å². The van der Waals surface area contributed by atoms with Crippen LogP contribution >= 0.6 is 11.6 Å². The first-order chi connectivity index (χ1) is 15.1. The Balaban J connectivity index is 1.23. The molecule has 0 spiro atoms. The van der Waals surface area contributed by atoms with Gasteiger partial charge < -0.3 is 15.2 Å². The molecule has 0 radical (unpaired) electrons. The Morgan fingerprint density at radius 1 is 1.06 bits per heavy atom. The summed E-state index contributed by atoms with van der Waals surface area (Å²) in [6, 6.07) is 14.3. The molecular weight excluding hydrogens is 420 g/mol. The van der Waals surface area contributed by atoms with Crippen molar-refractivity contribution in [3.8, 4) is 11.4 Å². The predicted octanol–water partition coefficient (Wildman–Crippen LogP) is 2.79. The minimum atomic E-state index is -0.241. The topological polar surface area (TPSA) is 126 Å². The van der Waals surface area contributed by atoms with E-state index in [4.69, 9.17) is 16.1 Å². The second-order valence-corrected chi connectivity index (χ2v) is 7.18. The van der Waals surface area contributed by atoms with Gasteiger partial charge in [0.1, 0.15) is 0 Å². The van der Waals surface area contributed by atoms with Crippen molar-refractivity contribution in [1.82, 2.24) is 25.7 Å². The van der Waals surface area contributed by atoms with Crippen LogP contribution < -0.4 is 16.2 Å². The normalized spacial score (nSPS) is 10.9. The summed E-state index contributed by atoms with van der Waals surface area (Å²) in [7, 11) is 0. The van der Waals surface area contributed by atoms with Gasteiger partial charge in [0.15, 0.2) is 5.82 Å². The Labute approximate surface area is 181 Å². The zero-order valence-electron chi connectivity index (χ0n) is 16.4. The van der Waals surface area contributed by atoms with Crippen LogP contribution in [0, 0.1) is 0 Å². The highest BCUT2D eigenvalue weighted by atomic mass is 35.5. The van der Waals surface area contributed by atoms with Gasteiger partial charge in [-0.3, -0.25) is 9.59 Å². The van der Waals surface area contributed by atoms with E-state index in [2.05, 4.69) is 31.0 Å². The molecule has 0 aliphatic rings. The molecule has 0 bridgehead atoms. The smallest absolute Gasteiger partial charge is 0.272 e. The molecule has 1 amide bonds. The van der Waals surface area contributed by atoms with Gasteiger partial charge in [0, 0.05) is 41.9 Å². The summed E-state index contributed by atoms with van der Waals surface area (Å²) in [5.74, 6) is 1.27. The number of aryl methyl sites for hydroxylation is 1. The van der Waals surface area contributed by atoms with Gasteiger partial charge >= 0.3 is 0 Å². The summed E-state index contributed by atoms with van der Waals surface area (Å²) < 4.78 is 5.21. The van der Waals surface area contributed by atoms with Crippen molar-refractivity contribution in [2.24, 2.45) is 0 Å². The number of nitrogens with zero attached hydrogens (tertiary/aromatic N) is 3. The number of hydrogen-bond acceptors (Lipinski definition) is 7. The number of aromatic amines is 1. The molecule has 0 aliphatic heterocycles. The first kappa shape index (κ1) is 20.5. The highest BCUT2D eigenvalue weighted by molar-refractivity contribution is 6.30. The van der Waals surface area contributed by atoms with Gasteiger partial charge in [-0.15, -0.1) is 0 Å². The molecule has 31 heavy (non-hydrogen) atoms. The van der Waals surface area contributed by atoms with Gasteiger partial charge in [-0.2, -0.15) is 10.1 Å². The van der Waals surface area contributed by atoms with Crippen molar-refractivity contribution in [2.45, 2.75) is 12.8 Å². The monoisotopic (exact) mass is 438 g/mol. The third kappa shape index (κ3) is 5.07. The lowest BCUT2D eigenvalue weighted by Crippen LogP contribution is -2.29. The van der Waals surface area contributed by atoms with E-state index in [0.717, 1.165) is 10.9 Å². The van der Waals surface area contributed by atoms with Crippen molar-refractivity contribution in [3.05, 3.63) is 69.8 Å². The van der Waals surface area contributed by atoms with Gasteiger partial charge in [-0.05, 0) is 30.3 Å². The van der Waals surface area contributed by atoms with Gasteiger partial charge in [-0.25, -0.2) is 5.10 Å². The molecule has 2 aromatic carbocycles. The van der Waals surface area contributed by atoms with Crippen molar-refractivity contribution in [2.75, 3.05) is 18.4 Å². The quantitative estimate of drug-likeness (QED) is 0.361. The van der Waals surface area contributed by atoms with E-state index in [1.165, 1.54) is 0 Å². The van der Waals surface area contributed by atoms with E-state index in [-0.39, 0.29) is 17.9 Å². The molecule has 10 heteroatoms. The number of amides is 1. The summed E-state index contributed by atoms with van der Waals surface area (Å²) >= 11 is 5.88. The van der Waals surface area contributed by atoms with E-state index < -0.39 is 0 Å². The van der Waals surface area contributed by atoms with Gasteiger partial charge in [0.2, 0.25) is 17.6 Å². The molecule has 0 atom stereocenters. The molecule has 2 heterocycles. The summed E-state index contributed by atoms with van der Waals surface area (Å²) in [6.45, 7) is 0.851. The zero-order chi connectivity index (χ0) is 21.6. The molecule has 158 valence electrons. The Morgan fingerprint density at radius 3 is 2.65 bits per heavy atom. The second-order valence-electron chi connectivity index (χ2n) is 6.74. The van der Waals surface area contributed by atoms with Crippen molar-refractivity contribution < 1.29 is 9.32 Å². The number of rotatable bonds is 8. The standard InChI is InChI=1S/C21H19ClN6O3/c22-14-7-5-13(6-8-14)19-25-18(31-28-19)10-9-17(29)23-11-12-24-20-15-3-1-2-4-16(15)21(30)27-26-20/h1-8H,9-12H2,(H,23,29)(H,24,26)(H,27,30). The van der Waals surface area contributed by atoms with E-state index in [1.54, 1.807) is 36.4 Å². The van der Waals surface area contributed by atoms with Crippen LogP contribution in [0.25, 0.3) is 22.2 Å². The molecule has 3 N–H and O–H groups in total. The molecule has 9 nitrogen and oxygen atoms in total. The molecular formula is C21H19ClN6O3. The van der Waals surface area contributed by atoms with Crippen LogP contribution in [-0.4, -0.2) is 39.3 Å².